The predicted molar refractivity (Wildman–Crippen MR) is 65.6 cm³/mol. The summed E-state index contributed by atoms with van der Waals surface area (Å²) in [4.78, 5) is 27.3. The highest BCUT2D eigenvalue weighted by Crippen LogP contribution is 2.34. The maximum atomic E-state index is 11.7. The highest BCUT2D eigenvalue weighted by atomic mass is 16.5. The van der Waals surface area contributed by atoms with Gasteiger partial charge in [0.1, 0.15) is 0 Å². The van der Waals surface area contributed by atoms with E-state index in [0.29, 0.717) is 32.4 Å². The fourth-order valence-electron chi connectivity index (χ4n) is 2.46. The van der Waals surface area contributed by atoms with Crippen LogP contribution < -0.4 is 11.2 Å². The molecule has 0 aliphatic carbocycles. The predicted octanol–water partition coefficient (Wildman–Crippen LogP) is 1.44. The van der Waals surface area contributed by atoms with Crippen LogP contribution >= 0.6 is 0 Å². The Hall–Kier alpha value is -2.69. The first-order valence-electron chi connectivity index (χ1n) is 5.31. The lowest BCUT2D eigenvalue weighted by Gasteiger charge is -2.04. The van der Waals surface area contributed by atoms with Crippen molar-refractivity contribution in [2.45, 2.75) is 0 Å². The lowest BCUT2D eigenvalue weighted by atomic mass is 10.0. The largest absolute Gasteiger partial charge is 0.480 e. The fraction of sp³-hybridized carbons (Fsp3) is 0. The highest BCUT2D eigenvalue weighted by Gasteiger charge is 2.17. The van der Waals surface area contributed by atoms with Gasteiger partial charge in [-0.3, -0.25) is 4.79 Å². The van der Waals surface area contributed by atoms with E-state index in [1.165, 1.54) is 6.07 Å². The summed E-state index contributed by atoms with van der Waals surface area (Å²) in [6.07, 6.45) is 0. The molecule has 0 radical (unpaired) electrons. The standard InChI is InChI=1S/C13H5NO4/c15-11-5-1-2-6-9-7(13(17)18-12(6)16)3-4-8(14-11)10(5)9/h1-4,17H. The molecule has 0 spiro atoms. The molecule has 4 rings (SSSR count). The van der Waals surface area contributed by atoms with Crippen LogP contribution in [0.2, 0.25) is 0 Å². The summed E-state index contributed by atoms with van der Waals surface area (Å²) in [5.41, 5.74) is -0.423. The first kappa shape index (κ1) is 9.35. The number of benzene rings is 2. The van der Waals surface area contributed by atoms with E-state index in [0.717, 1.165) is 0 Å². The minimum Gasteiger partial charge on any atom is -0.480 e. The molecule has 5 nitrogen and oxygen atoms in total. The molecule has 0 saturated carbocycles. The molecular weight excluding hydrogens is 234 g/mol. The van der Waals surface area contributed by atoms with Crippen LogP contribution in [0.3, 0.4) is 0 Å². The van der Waals surface area contributed by atoms with E-state index in [1.54, 1.807) is 18.2 Å². The van der Waals surface area contributed by atoms with Gasteiger partial charge in [-0.2, -0.15) is 0 Å². The second kappa shape index (κ2) is 2.76. The zero-order valence-corrected chi connectivity index (χ0v) is 8.93. The maximum Gasteiger partial charge on any atom is 0.346 e. The van der Waals surface area contributed by atoms with Crippen molar-refractivity contribution in [2.24, 2.45) is 0 Å². The molecule has 4 aromatic rings. The van der Waals surface area contributed by atoms with Crippen molar-refractivity contribution in [1.29, 1.82) is 0 Å². The molecule has 1 N–H and O–H groups in total. The molecule has 86 valence electrons. The van der Waals surface area contributed by atoms with Gasteiger partial charge in [0, 0.05) is 10.8 Å². The molecule has 18 heavy (non-hydrogen) atoms. The normalized spacial score (nSPS) is 12.0. The zero-order chi connectivity index (χ0) is 12.4. The van der Waals surface area contributed by atoms with Gasteiger partial charge in [0.05, 0.1) is 21.7 Å². The van der Waals surface area contributed by atoms with Crippen LogP contribution in [0.4, 0.5) is 0 Å². The van der Waals surface area contributed by atoms with Crippen LogP contribution in [0.5, 0.6) is 5.95 Å². The third-order valence-electron chi connectivity index (χ3n) is 3.23. The molecule has 0 amide bonds. The van der Waals surface area contributed by atoms with E-state index in [2.05, 4.69) is 4.98 Å². The van der Waals surface area contributed by atoms with Gasteiger partial charge in [0.25, 0.3) is 11.5 Å². The minimum atomic E-state index is -0.622. The Labute approximate surface area is 98.6 Å². The van der Waals surface area contributed by atoms with Gasteiger partial charge in [-0.05, 0) is 24.3 Å². The average Bonchev–Trinajstić information content (AvgIpc) is 2.67. The monoisotopic (exact) mass is 239 g/mol. The van der Waals surface area contributed by atoms with Crippen molar-refractivity contribution in [2.75, 3.05) is 0 Å². The van der Waals surface area contributed by atoms with Gasteiger partial charge < -0.3 is 9.52 Å². The SMILES string of the molecule is O=c1nc2ccc3c(O)oc(=O)c4ccc1c2c34. The van der Waals surface area contributed by atoms with E-state index >= 15 is 0 Å². The summed E-state index contributed by atoms with van der Waals surface area (Å²) in [6.45, 7) is 0. The van der Waals surface area contributed by atoms with Gasteiger partial charge in [-0.25, -0.2) is 9.78 Å². The number of aromatic nitrogens is 1. The summed E-state index contributed by atoms with van der Waals surface area (Å²) in [7, 11) is 0. The second-order valence-electron chi connectivity index (χ2n) is 4.15. The number of hydrogen-bond acceptors (Lipinski definition) is 5. The van der Waals surface area contributed by atoms with E-state index in [4.69, 9.17) is 4.42 Å². The Morgan fingerprint density at radius 2 is 1.67 bits per heavy atom. The summed E-state index contributed by atoms with van der Waals surface area (Å²) in [5, 5.41) is 12.0. The summed E-state index contributed by atoms with van der Waals surface area (Å²) < 4.78 is 4.75. The topological polar surface area (TPSA) is 80.4 Å². The molecule has 0 fully saturated rings. The van der Waals surface area contributed by atoms with Crippen LogP contribution in [0.15, 0.2) is 38.3 Å². The molecule has 0 aliphatic rings. The van der Waals surface area contributed by atoms with Crippen molar-refractivity contribution in [3.63, 3.8) is 0 Å². The van der Waals surface area contributed by atoms with Crippen molar-refractivity contribution in [3.8, 4) is 5.95 Å². The molecule has 2 aromatic carbocycles. The van der Waals surface area contributed by atoms with Crippen LogP contribution in [-0.4, -0.2) is 10.1 Å². The van der Waals surface area contributed by atoms with Crippen LogP contribution in [0.1, 0.15) is 0 Å². The van der Waals surface area contributed by atoms with E-state index in [9.17, 15) is 14.7 Å². The lowest BCUT2D eigenvalue weighted by Crippen LogP contribution is -2.00. The van der Waals surface area contributed by atoms with Crippen LogP contribution in [0.25, 0.3) is 32.4 Å². The Kier molecular flexibility index (Phi) is 1.43. The van der Waals surface area contributed by atoms with E-state index < -0.39 is 11.6 Å². The van der Waals surface area contributed by atoms with Crippen LogP contribution in [-0.2, 0) is 0 Å². The van der Waals surface area contributed by atoms with Crippen molar-refractivity contribution < 1.29 is 9.52 Å². The number of rotatable bonds is 0. The van der Waals surface area contributed by atoms with Gasteiger partial charge in [0.15, 0.2) is 0 Å². The second-order valence-corrected chi connectivity index (χ2v) is 4.15. The van der Waals surface area contributed by atoms with Crippen molar-refractivity contribution in [3.05, 3.63) is 45.0 Å². The van der Waals surface area contributed by atoms with Crippen molar-refractivity contribution >= 4 is 32.4 Å². The summed E-state index contributed by atoms with van der Waals surface area (Å²) in [6, 6.07) is 6.31. The lowest BCUT2D eigenvalue weighted by molar-refractivity contribution is 0.319. The average molecular weight is 239 g/mol. The molecule has 2 heterocycles. The Morgan fingerprint density at radius 1 is 0.944 bits per heavy atom. The molecule has 0 aliphatic heterocycles. The maximum absolute atomic E-state index is 11.7. The van der Waals surface area contributed by atoms with E-state index in [-0.39, 0.29) is 5.56 Å². The number of hydrogen-bond donors (Lipinski definition) is 1. The van der Waals surface area contributed by atoms with Gasteiger partial charge in [0.2, 0.25) is 0 Å². The van der Waals surface area contributed by atoms with Gasteiger partial charge in [-0.15, -0.1) is 0 Å². The summed E-state index contributed by atoms with van der Waals surface area (Å²) in [5.74, 6) is -0.435. The van der Waals surface area contributed by atoms with Crippen molar-refractivity contribution in [1.82, 2.24) is 4.98 Å². The minimum absolute atomic E-state index is 0.327. The van der Waals surface area contributed by atoms with Crippen LogP contribution in [0, 0.1) is 0 Å². The third kappa shape index (κ3) is 0.901. The smallest absolute Gasteiger partial charge is 0.346 e. The van der Waals surface area contributed by atoms with Gasteiger partial charge >= 0.3 is 5.63 Å². The van der Waals surface area contributed by atoms with Gasteiger partial charge in [-0.1, -0.05) is 0 Å². The number of nitrogens with zero attached hydrogens (tertiary/aromatic N) is 1. The Balaban J connectivity index is 2.57. The molecule has 0 saturated heterocycles. The Morgan fingerprint density at radius 3 is 2.50 bits per heavy atom. The molecule has 2 aromatic heterocycles. The zero-order valence-electron chi connectivity index (χ0n) is 8.93. The third-order valence-corrected chi connectivity index (χ3v) is 3.23. The molecular formula is C13H5NO4. The quantitative estimate of drug-likeness (QED) is 0.502. The first-order chi connectivity index (χ1) is 8.66. The first-order valence-corrected chi connectivity index (χ1v) is 5.31. The molecule has 0 atom stereocenters. The molecule has 0 unspecified atom stereocenters. The summed E-state index contributed by atoms with van der Waals surface area (Å²) >= 11 is 0. The Bertz CT molecular complexity index is 1020. The highest BCUT2D eigenvalue weighted by molar-refractivity contribution is 6.22. The number of aromatic hydroxyl groups is 1. The fourth-order valence-corrected chi connectivity index (χ4v) is 2.46. The molecule has 0 bridgehead atoms. The molecule has 5 heteroatoms. The van der Waals surface area contributed by atoms with E-state index in [1.807, 2.05) is 0 Å².